The van der Waals surface area contributed by atoms with Crippen molar-refractivity contribution in [2.75, 3.05) is 0 Å². The van der Waals surface area contributed by atoms with E-state index in [1.807, 2.05) is 14.0 Å². The van der Waals surface area contributed by atoms with Crippen LogP contribution < -0.4 is 5.56 Å². The molecule has 0 radical (unpaired) electrons. The molecule has 1 rings (SSSR count). The zero-order valence-electron chi connectivity index (χ0n) is 8.14. The van der Waals surface area contributed by atoms with Crippen LogP contribution in [0.3, 0.4) is 0 Å². The van der Waals surface area contributed by atoms with Gasteiger partial charge in [0.2, 0.25) is 0 Å². The van der Waals surface area contributed by atoms with Crippen LogP contribution in [0.1, 0.15) is 23.7 Å². The molecule has 1 aromatic rings. The third-order valence-electron chi connectivity index (χ3n) is 2.43. The van der Waals surface area contributed by atoms with Crippen molar-refractivity contribution in [3.63, 3.8) is 0 Å². The van der Waals surface area contributed by atoms with Crippen LogP contribution in [0, 0.1) is 13.8 Å². The van der Waals surface area contributed by atoms with Gasteiger partial charge in [-0.3, -0.25) is 4.79 Å². The zero-order valence-corrected chi connectivity index (χ0v) is 8.14. The Balaban J connectivity index is 3.53. The van der Waals surface area contributed by atoms with Crippen LogP contribution in [-0.2, 0) is 13.5 Å². The monoisotopic (exact) mass is 165 g/mol. The molecule has 0 fully saturated rings. The molecule has 0 N–H and O–H groups in total. The summed E-state index contributed by atoms with van der Waals surface area (Å²) in [6, 6.07) is 1.69. The number of aryl methyl sites for hydroxylation is 1. The average Bonchev–Trinajstić information content (AvgIpc) is 2.02. The molecular formula is C10H15NO. The third kappa shape index (κ3) is 1.29. The van der Waals surface area contributed by atoms with Crippen molar-refractivity contribution in [1.82, 2.24) is 4.57 Å². The first-order chi connectivity index (χ1) is 5.57. The topological polar surface area (TPSA) is 22.0 Å². The van der Waals surface area contributed by atoms with Crippen LogP contribution in [0.15, 0.2) is 10.9 Å². The lowest BCUT2D eigenvalue weighted by Gasteiger charge is -2.11. The molecule has 0 aliphatic rings. The van der Waals surface area contributed by atoms with Gasteiger partial charge in [-0.25, -0.2) is 0 Å². The quantitative estimate of drug-likeness (QED) is 0.619. The second-order valence-corrected chi connectivity index (χ2v) is 3.15. The Kier molecular flexibility index (Phi) is 2.36. The Morgan fingerprint density at radius 2 is 2.00 bits per heavy atom. The van der Waals surface area contributed by atoms with Crippen molar-refractivity contribution in [2.24, 2.45) is 7.05 Å². The van der Waals surface area contributed by atoms with Gasteiger partial charge < -0.3 is 4.57 Å². The zero-order chi connectivity index (χ0) is 9.30. The van der Waals surface area contributed by atoms with Crippen LogP contribution in [0.25, 0.3) is 0 Å². The highest BCUT2D eigenvalue weighted by atomic mass is 16.1. The van der Waals surface area contributed by atoms with Crippen molar-refractivity contribution >= 4 is 0 Å². The minimum absolute atomic E-state index is 0.0925. The summed E-state index contributed by atoms with van der Waals surface area (Å²) in [5.41, 5.74) is 3.56. The maximum atomic E-state index is 11.3. The maximum Gasteiger partial charge on any atom is 0.250 e. The first-order valence-electron chi connectivity index (χ1n) is 4.24. The van der Waals surface area contributed by atoms with E-state index in [4.69, 9.17) is 0 Å². The predicted octanol–water partition coefficient (Wildman–Crippen LogP) is 1.56. The summed E-state index contributed by atoms with van der Waals surface area (Å²) in [6.07, 6.45) is 0.916. The highest BCUT2D eigenvalue weighted by Crippen LogP contribution is 2.09. The Labute approximate surface area is 72.8 Å². The van der Waals surface area contributed by atoms with Crippen molar-refractivity contribution in [2.45, 2.75) is 27.2 Å². The molecule has 0 saturated carbocycles. The average molecular weight is 165 g/mol. The molecule has 1 heterocycles. The fraction of sp³-hybridized carbons (Fsp3) is 0.500. The van der Waals surface area contributed by atoms with Crippen molar-refractivity contribution in [3.05, 3.63) is 33.2 Å². The minimum atomic E-state index is 0.0925. The summed E-state index contributed by atoms with van der Waals surface area (Å²) in [6.45, 7) is 6.12. The van der Waals surface area contributed by atoms with Crippen LogP contribution in [0.4, 0.5) is 0 Å². The van der Waals surface area contributed by atoms with Gasteiger partial charge in [0.05, 0.1) is 0 Å². The van der Waals surface area contributed by atoms with Gasteiger partial charge in [-0.15, -0.1) is 0 Å². The van der Waals surface area contributed by atoms with E-state index in [2.05, 4.69) is 13.8 Å². The molecule has 0 atom stereocenters. The summed E-state index contributed by atoms with van der Waals surface area (Å²) in [7, 11) is 1.83. The van der Waals surface area contributed by atoms with E-state index in [-0.39, 0.29) is 5.56 Å². The molecule has 2 nitrogen and oxygen atoms in total. The number of pyridine rings is 1. The maximum absolute atomic E-state index is 11.3. The Morgan fingerprint density at radius 1 is 1.42 bits per heavy atom. The van der Waals surface area contributed by atoms with Gasteiger partial charge in [-0.05, 0) is 31.4 Å². The minimum Gasteiger partial charge on any atom is -0.315 e. The van der Waals surface area contributed by atoms with Crippen LogP contribution >= 0.6 is 0 Å². The molecule has 0 aromatic carbocycles. The number of hydrogen-bond donors (Lipinski definition) is 0. The van der Waals surface area contributed by atoms with Gasteiger partial charge in [0.15, 0.2) is 0 Å². The fourth-order valence-corrected chi connectivity index (χ4v) is 1.50. The number of rotatable bonds is 1. The van der Waals surface area contributed by atoms with Crippen LogP contribution in [0.5, 0.6) is 0 Å². The van der Waals surface area contributed by atoms with Crippen molar-refractivity contribution in [1.29, 1.82) is 0 Å². The molecule has 2 heteroatoms. The lowest BCUT2D eigenvalue weighted by molar-refractivity contribution is 0.767. The van der Waals surface area contributed by atoms with Gasteiger partial charge >= 0.3 is 0 Å². The Bertz CT molecular complexity index is 350. The van der Waals surface area contributed by atoms with Crippen LogP contribution in [-0.4, -0.2) is 4.57 Å². The van der Waals surface area contributed by atoms with E-state index in [0.29, 0.717) is 0 Å². The van der Waals surface area contributed by atoms with E-state index >= 15 is 0 Å². The first kappa shape index (κ1) is 9.04. The number of nitrogens with zero attached hydrogens (tertiary/aromatic N) is 1. The second kappa shape index (κ2) is 3.13. The van der Waals surface area contributed by atoms with E-state index in [9.17, 15) is 4.79 Å². The van der Waals surface area contributed by atoms with Crippen LogP contribution in [0.2, 0.25) is 0 Å². The van der Waals surface area contributed by atoms with Crippen molar-refractivity contribution in [3.8, 4) is 0 Å². The lowest BCUT2D eigenvalue weighted by atomic mass is 10.1. The first-order valence-corrected chi connectivity index (χ1v) is 4.24. The van der Waals surface area contributed by atoms with Crippen molar-refractivity contribution < 1.29 is 0 Å². The van der Waals surface area contributed by atoms with E-state index in [0.717, 1.165) is 17.7 Å². The molecule has 0 aliphatic carbocycles. The van der Waals surface area contributed by atoms with E-state index in [1.165, 1.54) is 5.56 Å². The fourth-order valence-electron chi connectivity index (χ4n) is 1.50. The number of aromatic nitrogens is 1. The standard InChI is InChI=1S/C10H15NO/c1-5-9-8(3)7(2)6-10(12)11(9)4/h6H,5H2,1-4H3. The molecule has 12 heavy (non-hydrogen) atoms. The Morgan fingerprint density at radius 3 is 2.50 bits per heavy atom. The van der Waals surface area contributed by atoms with Gasteiger partial charge in [-0.1, -0.05) is 6.92 Å². The molecule has 0 unspecified atom stereocenters. The second-order valence-electron chi connectivity index (χ2n) is 3.15. The summed E-state index contributed by atoms with van der Waals surface area (Å²) >= 11 is 0. The summed E-state index contributed by atoms with van der Waals surface area (Å²) in [4.78, 5) is 11.3. The molecule has 66 valence electrons. The van der Waals surface area contributed by atoms with Gasteiger partial charge in [0.1, 0.15) is 0 Å². The highest BCUT2D eigenvalue weighted by Gasteiger charge is 2.04. The molecule has 0 saturated heterocycles. The summed E-state index contributed by atoms with van der Waals surface area (Å²) in [5.74, 6) is 0. The molecule has 0 bridgehead atoms. The largest absolute Gasteiger partial charge is 0.315 e. The highest BCUT2D eigenvalue weighted by molar-refractivity contribution is 5.28. The molecule has 0 aliphatic heterocycles. The lowest BCUT2D eigenvalue weighted by Crippen LogP contribution is -2.21. The normalized spacial score (nSPS) is 10.3. The molecule has 1 aromatic heterocycles. The Hall–Kier alpha value is -1.05. The summed E-state index contributed by atoms with van der Waals surface area (Å²) in [5, 5.41) is 0. The smallest absolute Gasteiger partial charge is 0.250 e. The van der Waals surface area contributed by atoms with Gasteiger partial charge in [0.25, 0.3) is 5.56 Å². The van der Waals surface area contributed by atoms with E-state index in [1.54, 1.807) is 10.6 Å². The van der Waals surface area contributed by atoms with E-state index < -0.39 is 0 Å². The van der Waals surface area contributed by atoms with Gasteiger partial charge in [-0.2, -0.15) is 0 Å². The molecule has 0 amide bonds. The molecule has 0 spiro atoms. The third-order valence-corrected chi connectivity index (χ3v) is 2.43. The summed E-state index contributed by atoms with van der Waals surface area (Å²) < 4.78 is 1.72. The SMILES string of the molecule is CCc1c(C)c(C)cc(=O)n1C. The number of hydrogen-bond acceptors (Lipinski definition) is 1. The molecular weight excluding hydrogens is 150 g/mol. The van der Waals surface area contributed by atoms with Gasteiger partial charge in [0, 0.05) is 18.8 Å². The predicted molar refractivity (Wildman–Crippen MR) is 50.5 cm³/mol.